The van der Waals surface area contributed by atoms with Gasteiger partial charge >= 0.3 is 0 Å². The molecule has 34 heavy (non-hydrogen) atoms. The first-order valence-corrected chi connectivity index (χ1v) is 10.9. The second-order valence-corrected chi connectivity index (χ2v) is 8.18. The van der Waals surface area contributed by atoms with Gasteiger partial charge in [-0.2, -0.15) is 0 Å². The normalized spacial score (nSPS) is 12.6. The Morgan fingerprint density at radius 2 is 1.65 bits per heavy atom. The zero-order valence-electron chi connectivity index (χ0n) is 19.2. The SMILES string of the molecule is Cc1ccccc1C(C/C(=N/O)c1ccc(=O)n(C)c1)c1ccc(C(=O)NC(CO)CO)cc1. The van der Waals surface area contributed by atoms with Gasteiger partial charge in [-0.25, -0.2) is 0 Å². The second kappa shape index (κ2) is 11.4. The predicted octanol–water partition coefficient (Wildman–Crippen LogP) is 2.18. The van der Waals surface area contributed by atoms with Crippen LogP contribution in [0.1, 0.15) is 45.0 Å². The van der Waals surface area contributed by atoms with E-state index >= 15 is 0 Å². The average molecular weight is 464 g/mol. The van der Waals surface area contributed by atoms with Crippen LogP contribution in [-0.4, -0.2) is 50.9 Å². The molecular weight excluding hydrogens is 434 g/mol. The van der Waals surface area contributed by atoms with Crippen molar-refractivity contribution in [1.29, 1.82) is 0 Å². The lowest BCUT2D eigenvalue weighted by Crippen LogP contribution is -2.40. The molecule has 1 amide bonds. The molecule has 0 saturated carbocycles. The van der Waals surface area contributed by atoms with Gasteiger partial charge < -0.3 is 25.3 Å². The van der Waals surface area contributed by atoms with Crippen LogP contribution in [0.5, 0.6) is 0 Å². The highest BCUT2D eigenvalue weighted by Crippen LogP contribution is 2.32. The lowest BCUT2D eigenvalue weighted by atomic mass is 9.83. The molecule has 0 fully saturated rings. The molecule has 3 aromatic rings. The monoisotopic (exact) mass is 463 g/mol. The number of aliphatic hydroxyl groups is 2. The predicted molar refractivity (Wildman–Crippen MR) is 130 cm³/mol. The largest absolute Gasteiger partial charge is 0.411 e. The van der Waals surface area contributed by atoms with Crippen molar-refractivity contribution in [2.45, 2.75) is 25.3 Å². The third-order valence-corrected chi connectivity index (χ3v) is 5.85. The molecule has 1 atom stereocenters. The van der Waals surface area contributed by atoms with Crippen molar-refractivity contribution in [2.75, 3.05) is 13.2 Å². The standard InChI is InChI=1S/C26H29N3O5/c1-17-5-3-4-6-22(17)23(13-24(28-34)20-11-12-25(32)29(2)14-20)18-7-9-19(10-8-18)26(33)27-21(15-30)16-31/h3-12,14,21,23,30-31,34H,13,15-16H2,1-2H3,(H,27,33)/b28-24-. The number of carbonyl (C=O) groups is 1. The first-order valence-electron chi connectivity index (χ1n) is 10.9. The zero-order valence-corrected chi connectivity index (χ0v) is 19.2. The van der Waals surface area contributed by atoms with E-state index < -0.39 is 11.9 Å². The number of aryl methyl sites for hydroxylation is 2. The second-order valence-electron chi connectivity index (χ2n) is 8.18. The molecule has 1 aromatic heterocycles. The summed E-state index contributed by atoms with van der Waals surface area (Å²) in [5.41, 5.74) is 4.34. The van der Waals surface area contributed by atoms with E-state index in [-0.39, 0.29) is 24.7 Å². The Labute approximate surface area is 197 Å². The van der Waals surface area contributed by atoms with E-state index in [1.165, 1.54) is 10.6 Å². The van der Waals surface area contributed by atoms with Crippen LogP contribution in [0.2, 0.25) is 0 Å². The summed E-state index contributed by atoms with van der Waals surface area (Å²) in [4.78, 5) is 24.2. The quantitative estimate of drug-likeness (QED) is 0.220. The molecule has 0 aliphatic carbocycles. The minimum Gasteiger partial charge on any atom is -0.411 e. The third-order valence-electron chi connectivity index (χ3n) is 5.85. The van der Waals surface area contributed by atoms with Gasteiger partial charge in [0.25, 0.3) is 5.91 Å². The zero-order chi connectivity index (χ0) is 24.7. The van der Waals surface area contributed by atoms with Gasteiger partial charge in [0.2, 0.25) is 5.56 Å². The van der Waals surface area contributed by atoms with Crippen LogP contribution in [0.15, 0.2) is 76.8 Å². The Bertz CT molecular complexity index is 1210. The van der Waals surface area contributed by atoms with Gasteiger partial charge in [0, 0.05) is 42.8 Å². The highest BCUT2D eigenvalue weighted by molar-refractivity contribution is 6.00. The molecule has 0 bridgehead atoms. The van der Waals surface area contributed by atoms with Crippen molar-refractivity contribution in [2.24, 2.45) is 12.2 Å². The van der Waals surface area contributed by atoms with Crippen LogP contribution in [0.25, 0.3) is 0 Å². The Hall–Kier alpha value is -3.75. The van der Waals surface area contributed by atoms with Crippen LogP contribution < -0.4 is 10.9 Å². The molecule has 8 nitrogen and oxygen atoms in total. The summed E-state index contributed by atoms with van der Waals surface area (Å²) in [5.74, 6) is -0.570. The van der Waals surface area contributed by atoms with Crippen LogP contribution in [0.3, 0.4) is 0 Å². The Kier molecular flexibility index (Phi) is 8.34. The maximum absolute atomic E-state index is 12.4. The van der Waals surface area contributed by atoms with Gasteiger partial charge in [0.1, 0.15) is 0 Å². The van der Waals surface area contributed by atoms with Crippen LogP contribution in [-0.2, 0) is 7.05 Å². The van der Waals surface area contributed by atoms with Gasteiger partial charge in [-0.3, -0.25) is 9.59 Å². The van der Waals surface area contributed by atoms with Crippen molar-refractivity contribution >= 4 is 11.6 Å². The Morgan fingerprint density at radius 3 is 2.24 bits per heavy atom. The number of hydrogen-bond donors (Lipinski definition) is 4. The van der Waals surface area contributed by atoms with Crippen molar-refractivity contribution in [3.8, 4) is 0 Å². The molecule has 0 spiro atoms. The number of rotatable bonds is 9. The first-order chi connectivity index (χ1) is 16.4. The van der Waals surface area contributed by atoms with Crippen molar-refractivity contribution < 1.29 is 20.2 Å². The van der Waals surface area contributed by atoms with Gasteiger partial charge in [-0.05, 0) is 41.8 Å². The van der Waals surface area contributed by atoms with Crippen LogP contribution in [0.4, 0.5) is 0 Å². The molecule has 0 saturated heterocycles. The van der Waals surface area contributed by atoms with Crippen LogP contribution in [0, 0.1) is 6.92 Å². The van der Waals surface area contributed by atoms with E-state index in [1.807, 2.05) is 43.3 Å². The summed E-state index contributed by atoms with van der Waals surface area (Å²) in [7, 11) is 1.64. The molecule has 3 rings (SSSR count). The van der Waals surface area contributed by atoms with Gasteiger partial charge in [-0.15, -0.1) is 0 Å². The first kappa shape index (κ1) is 24.9. The molecule has 8 heteroatoms. The van der Waals surface area contributed by atoms with Crippen molar-refractivity contribution in [1.82, 2.24) is 9.88 Å². The van der Waals surface area contributed by atoms with Crippen molar-refractivity contribution in [3.05, 3.63) is 105 Å². The number of nitrogens with zero attached hydrogens (tertiary/aromatic N) is 2. The number of aliphatic hydroxyl groups excluding tert-OH is 2. The smallest absolute Gasteiger partial charge is 0.251 e. The minimum absolute atomic E-state index is 0.157. The van der Waals surface area contributed by atoms with E-state index in [0.29, 0.717) is 23.3 Å². The summed E-state index contributed by atoms with van der Waals surface area (Å²) in [6.07, 6.45) is 2.00. The van der Waals surface area contributed by atoms with E-state index in [0.717, 1.165) is 16.7 Å². The number of benzene rings is 2. The number of hydrogen-bond acceptors (Lipinski definition) is 6. The topological polar surface area (TPSA) is 124 Å². The van der Waals surface area contributed by atoms with Crippen LogP contribution >= 0.6 is 0 Å². The lowest BCUT2D eigenvalue weighted by Gasteiger charge is -2.21. The Balaban J connectivity index is 1.95. The maximum Gasteiger partial charge on any atom is 0.251 e. The molecule has 2 aromatic carbocycles. The van der Waals surface area contributed by atoms with Gasteiger partial charge in [0.15, 0.2) is 0 Å². The molecule has 4 N–H and O–H groups in total. The fraction of sp³-hybridized carbons (Fsp3) is 0.269. The number of carbonyl (C=O) groups excluding carboxylic acids is 1. The number of nitrogens with one attached hydrogen (secondary N) is 1. The fourth-order valence-electron chi connectivity index (χ4n) is 3.84. The molecule has 0 aliphatic rings. The fourth-order valence-corrected chi connectivity index (χ4v) is 3.84. The summed E-state index contributed by atoms with van der Waals surface area (Å²) >= 11 is 0. The molecule has 1 heterocycles. The molecule has 178 valence electrons. The summed E-state index contributed by atoms with van der Waals surface area (Å²) in [5, 5.41) is 34.3. The minimum atomic E-state index is -0.725. The highest BCUT2D eigenvalue weighted by Gasteiger charge is 2.21. The average Bonchev–Trinajstić information content (AvgIpc) is 2.86. The molecular formula is C26H29N3O5. The van der Waals surface area contributed by atoms with Crippen molar-refractivity contribution in [3.63, 3.8) is 0 Å². The van der Waals surface area contributed by atoms with Gasteiger partial charge in [0.05, 0.1) is 25.0 Å². The number of pyridine rings is 1. The Morgan fingerprint density at radius 1 is 1.00 bits per heavy atom. The van der Waals surface area contributed by atoms with E-state index in [9.17, 15) is 25.0 Å². The molecule has 1 unspecified atom stereocenters. The number of aromatic nitrogens is 1. The summed E-state index contributed by atoms with van der Waals surface area (Å²) < 4.78 is 1.43. The summed E-state index contributed by atoms with van der Waals surface area (Å²) in [6, 6.07) is 17.3. The molecule has 0 aliphatic heterocycles. The van der Waals surface area contributed by atoms with Gasteiger partial charge in [-0.1, -0.05) is 41.6 Å². The maximum atomic E-state index is 12.4. The van der Waals surface area contributed by atoms with E-state index in [2.05, 4.69) is 10.5 Å². The number of amides is 1. The number of oxime groups is 1. The van der Waals surface area contributed by atoms with E-state index in [4.69, 9.17) is 0 Å². The van der Waals surface area contributed by atoms with E-state index in [1.54, 1.807) is 31.4 Å². The highest BCUT2D eigenvalue weighted by atomic mass is 16.4. The summed E-state index contributed by atoms with van der Waals surface area (Å²) in [6.45, 7) is 1.30. The third kappa shape index (κ3) is 5.78. The molecule has 0 radical (unpaired) electrons. The lowest BCUT2D eigenvalue weighted by molar-refractivity contribution is 0.0879.